The van der Waals surface area contributed by atoms with E-state index in [1.54, 1.807) is 11.3 Å². The van der Waals surface area contributed by atoms with Crippen LogP contribution >= 0.6 is 22.9 Å². The average Bonchev–Trinajstić information content (AvgIpc) is 3.12. The van der Waals surface area contributed by atoms with Gasteiger partial charge in [-0.25, -0.2) is 9.97 Å². The van der Waals surface area contributed by atoms with Gasteiger partial charge in [0.25, 0.3) is 0 Å². The van der Waals surface area contributed by atoms with Crippen LogP contribution in [0.15, 0.2) is 28.7 Å². The molecule has 0 amide bonds. The lowest BCUT2D eigenvalue weighted by Gasteiger charge is -2.31. The number of nitrogens with one attached hydrogen (secondary N) is 2. The molecule has 0 bridgehead atoms. The highest BCUT2D eigenvalue weighted by Crippen LogP contribution is 2.19. The minimum absolute atomic E-state index is 0.530. The van der Waals surface area contributed by atoms with Gasteiger partial charge in [-0.1, -0.05) is 17.7 Å². The summed E-state index contributed by atoms with van der Waals surface area (Å²) in [5.41, 5.74) is 2.37. The van der Waals surface area contributed by atoms with Crippen molar-refractivity contribution in [3.8, 4) is 0 Å². The summed E-state index contributed by atoms with van der Waals surface area (Å²) in [6.07, 6.45) is 5.13. The van der Waals surface area contributed by atoms with E-state index in [0.717, 1.165) is 55.7 Å². The van der Waals surface area contributed by atoms with Crippen molar-refractivity contribution in [2.75, 3.05) is 33.2 Å². The number of aryl methyl sites for hydroxylation is 1. The summed E-state index contributed by atoms with van der Waals surface area (Å²) in [5.74, 6) is 1.55. The molecule has 1 fully saturated rings. The SMILES string of the molecule is CN=C(NCCc1ccc(Cl)nc1)NCC1CCN(Cc2csc(C)n2)CC1. The van der Waals surface area contributed by atoms with E-state index in [4.69, 9.17) is 11.6 Å². The summed E-state index contributed by atoms with van der Waals surface area (Å²) in [7, 11) is 1.82. The van der Waals surface area contributed by atoms with Crippen LogP contribution in [-0.4, -0.2) is 54.1 Å². The van der Waals surface area contributed by atoms with Crippen LogP contribution in [0.25, 0.3) is 0 Å². The summed E-state index contributed by atoms with van der Waals surface area (Å²) in [6, 6.07) is 3.83. The van der Waals surface area contributed by atoms with Crippen LogP contribution in [0, 0.1) is 12.8 Å². The highest BCUT2D eigenvalue weighted by molar-refractivity contribution is 7.09. The number of aliphatic imine (C=N–C) groups is 1. The maximum atomic E-state index is 5.82. The lowest BCUT2D eigenvalue weighted by Crippen LogP contribution is -2.43. The van der Waals surface area contributed by atoms with Gasteiger partial charge in [0.05, 0.1) is 10.7 Å². The zero-order chi connectivity index (χ0) is 19.8. The van der Waals surface area contributed by atoms with Gasteiger partial charge in [0.15, 0.2) is 5.96 Å². The van der Waals surface area contributed by atoms with Crippen LogP contribution in [0.5, 0.6) is 0 Å². The predicted molar refractivity (Wildman–Crippen MR) is 117 cm³/mol. The van der Waals surface area contributed by atoms with E-state index in [9.17, 15) is 0 Å². The third kappa shape index (κ3) is 6.72. The van der Waals surface area contributed by atoms with Crippen molar-refractivity contribution in [2.24, 2.45) is 10.9 Å². The molecule has 0 spiro atoms. The first-order valence-corrected chi connectivity index (χ1v) is 11.1. The summed E-state index contributed by atoms with van der Waals surface area (Å²) in [4.78, 5) is 15.5. The van der Waals surface area contributed by atoms with Crippen molar-refractivity contribution in [1.29, 1.82) is 0 Å². The second-order valence-electron chi connectivity index (χ2n) is 7.20. The molecule has 28 heavy (non-hydrogen) atoms. The van der Waals surface area contributed by atoms with Crippen molar-refractivity contribution in [3.05, 3.63) is 45.1 Å². The van der Waals surface area contributed by atoms with Crippen molar-refractivity contribution in [3.63, 3.8) is 0 Å². The van der Waals surface area contributed by atoms with E-state index in [1.165, 1.54) is 18.5 Å². The zero-order valence-corrected chi connectivity index (χ0v) is 18.2. The first-order chi connectivity index (χ1) is 13.6. The number of halogens is 1. The Morgan fingerprint density at radius 2 is 2.14 bits per heavy atom. The van der Waals surface area contributed by atoms with E-state index in [-0.39, 0.29) is 0 Å². The van der Waals surface area contributed by atoms with Crippen LogP contribution in [0.3, 0.4) is 0 Å². The first kappa shape index (κ1) is 21.0. The quantitative estimate of drug-likeness (QED) is 0.409. The summed E-state index contributed by atoms with van der Waals surface area (Å²) < 4.78 is 0. The Morgan fingerprint density at radius 3 is 2.79 bits per heavy atom. The fraction of sp³-hybridized carbons (Fsp3) is 0.550. The molecule has 2 aromatic heterocycles. The molecule has 152 valence electrons. The van der Waals surface area contributed by atoms with Gasteiger partial charge in [-0.05, 0) is 56.8 Å². The number of pyridine rings is 1. The number of nitrogens with zero attached hydrogens (tertiary/aromatic N) is 4. The molecule has 8 heteroatoms. The number of hydrogen-bond donors (Lipinski definition) is 2. The Labute approximate surface area is 176 Å². The summed E-state index contributed by atoms with van der Waals surface area (Å²) >= 11 is 7.56. The molecule has 0 atom stereocenters. The van der Waals surface area contributed by atoms with Crippen LogP contribution < -0.4 is 10.6 Å². The second kappa shape index (κ2) is 10.7. The molecule has 1 aliphatic heterocycles. The van der Waals surface area contributed by atoms with Crippen LogP contribution in [-0.2, 0) is 13.0 Å². The predicted octanol–water partition coefficient (Wildman–Crippen LogP) is 3.12. The van der Waals surface area contributed by atoms with Gasteiger partial charge in [0, 0.05) is 38.3 Å². The molecule has 2 N–H and O–H groups in total. The minimum Gasteiger partial charge on any atom is -0.356 e. The van der Waals surface area contributed by atoms with Gasteiger partial charge >= 0.3 is 0 Å². The molecule has 0 aliphatic carbocycles. The zero-order valence-electron chi connectivity index (χ0n) is 16.6. The monoisotopic (exact) mass is 420 g/mol. The standard InChI is InChI=1S/C20H29ClN6S/c1-15-26-18(14-28-15)13-27-9-6-17(7-10-27)12-25-20(22-2)23-8-5-16-3-4-19(21)24-11-16/h3-4,11,14,17H,5-10,12-13H2,1-2H3,(H2,22,23,25). The van der Waals surface area contributed by atoms with Gasteiger partial charge in [-0.3, -0.25) is 9.89 Å². The molecule has 0 aromatic carbocycles. The Balaban J connectivity index is 1.32. The lowest BCUT2D eigenvalue weighted by atomic mass is 9.97. The molecule has 3 heterocycles. The van der Waals surface area contributed by atoms with Gasteiger partial charge in [0.1, 0.15) is 5.15 Å². The topological polar surface area (TPSA) is 65.4 Å². The molecule has 1 aliphatic rings. The number of hydrogen-bond acceptors (Lipinski definition) is 5. The minimum atomic E-state index is 0.530. The Hall–Kier alpha value is -1.70. The Morgan fingerprint density at radius 1 is 1.32 bits per heavy atom. The molecular weight excluding hydrogens is 392 g/mol. The molecule has 0 unspecified atom stereocenters. The molecule has 6 nitrogen and oxygen atoms in total. The number of guanidine groups is 1. The molecule has 3 rings (SSSR count). The number of piperidine rings is 1. The van der Waals surface area contributed by atoms with E-state index >= 15 is 0 Å². The first-order valence-electron chi connectivity index (χ1n) is 9.80. The average molecular weight is 421 g/mol. The van der Waals surface area contributed by atoms with Gasteiger partial charge in [0.2, 0.25) is 0 Å². The number of aromatic nitrogens is 2. The molecule has 0 saturated carbocycles. The fourth-order valence-corrected chi connectivity index (χ4v) is 4.12. The molecule has 1 saturated heterocycles. The van der Waals surface area contributed by atoms with Crippen molar-refractivity contribution in [1.82, 2.24) is 25.5 Å². The largest absolute Gasteiger partial charge is 0.356 e. The number of likely N-dealkylation sites (tertiary alicyclic amines) is 1. The van der Waals surface area contributed by atoms with Crippen molar-refractivity contribution in [2.45, 2.75) is 32.7 Å². The van der Waals surface area contributed by atoms with Crippen molar-refractivity contribution >= 4 is 28.9 Å². The smallest absolute Gasteiger partial charge is 0.190 e. The van der Waals surface area contributed by atoms with E-state index in [2.05, 4.69) is 42.8 Å². The Bertz CT molecular complexity index is 752. The van der Waals surface area contributed by atoms with Crippen LogP contribution in [0.2, 0.25) is 5.15 Å². The molecule has 0 radical (unpaired) electrons. The third-order valence-corrected chi connectivity index (χ3v) is 6.08. The third-order valence-electron chi connectivity index (χ3n) is 5.04. The van der Waals surface area contributed by atoms with Gasteiger partial charge in [-0.15, -0.1) is 11.3 Å². The number of thiazole rings is 1. The normalized spacial score (nSPS) is 16.3. The van der Waals surface area contributed by atoms with Gasteiger partial charge in [-0.2, -0.15) is 0 Å². The summed E-state index contributed by atoms with van der Waals surface area (Å²) in [6.45, 7) is 7.10. The van der Waals surface area contributed by atoms with E-state index < -0.39 is 0 Å². The maximum absolute atomic E-state index is 5.82. The Kier molecular flexibility index (Phi) is 8.06. The van der Waals surface area contributed by atoms with Crippen LogP contribution in [0.4, 0.5) is 0 Å². The molecule has 2 aromatic rings. The van der Waals surface area contributed by atoms with Crippen molar-refractivity contribution < 1.29 is 0 Å². The lowest BCUT2D eigenvalue weighted by molar-refractivity contribution is 0.176. The maximum Gasteiger partial charge on any atom is 0.190 e. The highest BCUT2D eigenvalue weighted by atomic mass is 35.5. The highest BCUT2D eigenvalue weighted by Gasteiger charge is 2.20. The second-order valence-corrected chi connectivity index (χ2v) is 8.65. The van der Waals surface area contributed by atoms with E-state index in [1.807, 2.05) is 25.4 Å². The molecular formula is C20H29ClN6S. The fourth-order valence-electron chi connectivity index (χ4n) is 3.40. The van der Waals surface area contributed by atoms with Crippen LogP contribution in [0.1, 0.15) is 29.1 Å². The summed E-state index contributed by atoms with van der Waals surface area (Å²) in [5, 5.41) is 10.7. The van der Waals surface area contributed by atoms with Gasteiger partial charge < -0.3 is 10.6 Å². The number of rotatable bonds is 7. The van der Waals surface area contributed by atoms with E-state index in [0.29, 0.717) is 11.1 Å².